The van der Waals surface area contributed by atoms with Crippen molar-refractivity contribution in [3.63, 3.8) is 0 Å². The fraction of sp³-hybridized carbons (Fsp3) is 0.533. The molecule has 0 aromatic heterocycles. The molecule has 1 aliphatic rings. The number of hydrogen-bond donors (Lipinski definition) is 0. The average molecular weight is 330 g/mol. The Morgan fingerprint density at radius 3 is 2.24 bits per heavy atom. The summed E-state index contributed by atoms with van der Waals surface area (Å²) in [5.41, 5.74) is 0. The molecule has 1 aromatic rings. The number of sulfone groups is 1. The highest BCUT2D eigenvalue weighted by Gasteiger charge is 2.53. The van der Waals surface area contributed by atoms with Crippen molar-refractivity contribution >= 4 is 27.3 Å². The molecule has 0 N–H and O–H groups in total. The molecule has 2 rings (SSSR count). The number of carbonyl (C=O) groups is 1. The molecule has 0 bridgehead atoms. The average Bonchev–Trinajstić information content (AvgIpc) is 2.97. The number of nitrogens with zero attached hydrogens (tertiary/aromatic N) is 1. The molecule has 21 heavy (non-hydrogen) atoms. The summed E-state index contributed by atoms with van der Waals surface area (Å²) in [4.78, 5) is 14.4. The van der Waals surface area contributed by atoms with Crippen molar-refractivity contribution in [3.8, 4) is 0 Å². The van der Waals surface area contributed by atoms with Crippen LogP contribution < -0.4 is 0 Å². The van der Waals surface area contributed by atoms with Crippen LogP contribution >= 0.6 is 11.6 Å². The van der Waals surface area contributed by atoms with Gasteiger partial charge in [-0.25, -0.2) is 8.42 Å². The third-order valence-corrected chi connectivity index (χ3v) is 7.02. The molecule has 0 atom stereocenters. The molecule has 0 heterocycles. The van der Waals surface area contributed by atoms with Gasteiger partial charge in [0.1, 0.15) is 0 Å². The highest BCUT2D eigenvalue weighted by molar-refractivity contribution is 7.93. The van der Waals surface area contributed by atoms with Gasteiger partial charge in [0, 0.05) is 18.6 Å². The minimum atomic E-state index is -3.72. The van der Waals surface area contributed by atoms with Gasteiger partial charge in [0.15, 0.2) is 14.6 Å². The number of hydrogen-bond acceptors (Lipinski definition) is 3. The van der Waals surface area contributed by atoms with Gasteiger partial charge < -0.3 is 4.90 Å². The van der Waals surface area contributed by atoms with Crippen LogP contribution in [0.25, 0.3) is 0 Å². The molecule has 1 aromatic carbocycles. The fourth-order valence-corrected chi connectivity index (χ4v) is 5.16. The fourth-order valence-electron chi connectivity index (χ4n) is 2.87. The Morgan fingerprint density at radius 2 is 1.76 bits per heavy atom. The number of benzene rings is 1. The van der Waals surface area contributed by atoms with Gasteiger partial charge in [-0.1, -0.05) is 24.4 Å². The molecule has 1 saturated carbocycles. The summed E-state index contributed by atoms with van der Waals surface area (Å²) in [7, 11) is -2.07. The van der Waals surface area contributed by atoms with Crippen LogP contribution in [-0.4, -0.2) is 37.6 Å². The van der Waals surface area contributed by atoms with Crippen LogP contribution in [0.1, 0.15) is 32.6 Å². The molecule has 1 fully saturated rings. The number of amides is 1. The van der Waals surface area contributed by atoms with E-state index >= 15 is 0 Å². The zero-order chi connectivity index (χ0) is 15.7. The second kappa shape index (κ2) is 5.97. The highest BCUT2D eigenvalue weighted by atomic mass is 35.5. The second-order valence-corrected chi connectivity index (χ2v) is 8.17. The van der Waals surface area contributed by atoms with Gasteiger partial charge in [-0.05, 0) is 44.0 Å². The van der Waals surface area contributed by atoms with Crippen molar-refractivity contribution in [2.75, 3.05) is 13.6 Å². The van der Waals surface area contributed by atoms with Gasteiger partial charge in [0.05, 0.1) is 4.90 Å². The van der Waals surface area contributed by atoms with Crippen molar-refractivity contribution in [1.29, 1.82) is 0 Å². The zero-order valence-electron chi connectivity index (χ0n) is 12.3. The van der Waals surface area contributed by atoms with E-state index in [1.165, 1.54) is 17.0 Å². The Labute approximate surface area is 131 Å². The molecule has 6 heteroatoms. The molecule has 0 radical (unpaired) electrons. The predicted molar refractivity (Wildman–Crippen MR) is 83.1 cm³/mol. The Morgan fingerprint density at radius 1 is 1.24 bits per heavy atom. The van der Waals surface area contributed by atoms with Gasteiger partial charge in [0.2, 0.25) is 5.91 Å². The maximum Gasteiger partial charge on any atom is 0.244 e. The lowest BCUT2D eigenvalue weighted by molar-refractivity contribution is -0.132. The van der Waals surface area contributed by atoms with Crippen molar-refractivity contribution in [2.24, 2.45) is 0 Å². The van der Waals surface area contributed by atoms with E-state index in [4.69, 9.17) is 11.6 Å². The first-order valence-electron chi connectivity index (χ1n) is 7.11. The van der Waals surface area contributed by atoms with E-state index in [0.717, 1.165) is 12.8 Å². The van der Waals surface area contributed by atoms with Crippen LogP contribution in [0.15, 0.2) is 29.2 Å². The molecule has 0 unspecified atom stereocenters. The predicted octanol–water partition coefficient (Wildman–Crippen LogP) is 2.90. The molecular weight excluding hydrogens is 310 g/mol. The summed E-state index contributed by atoms with van der Waals surface area (Å²) in [5.74, 6) is -0.294. The Bertz CT molecular complexity index is 619. The van der Waals surface area contributed by atoms with Gasteiger partial charge >= 0.3 is 0 Å². The van der Waals surface area contributed by atoms with Crippen molar-refractivity contribution in [3.05, 3.63) is 29.3 Å². The summed E-state index contributed by atoms with van der Waals surface area (Å²) in [6.45, 7) is 2.34. The number of rotatable bonds is 4. The topological polar surface area (TPSA) is 54.5 Å². The maximum absolute atomic E-state index is 13.0. The highest BCUT2D eigenvalue weighted by Crippen LogP contribution is 2.41. The first kappa shape index (κ1) is 16.3. The lowest BCUT2D eigenvalue weighted by atomic mass is 10.1. The van der Waals surface area contributed by atoms with E-state index in [0.29, 0.717) is 24.4 Å². The van der Waals surface area contributed by atoms with Crippen molar-refractivity contribution in [2.45, 2.75) is 42.2 Å². The van der Waals surface area contributed by atoms with E-state index in [-0.39, 0.29) is 10.8 Å². The quantitative estimate of drug-likeness (QED) is 0.853. The third kappa shape index (κ3) is 2.69. The van der Waals surface area contributed by atoms with Crippen molar-refractivity contribution < 1.29 is 13.2 Å². The molecule has 0 spiro atoms. The van der Waals surface area contributed by atoms with Crippen LogP contribution in [0.3, 0.4) is 0 Å². The first-order chi connectivity index (χ1) is 9.85. The van der Waals surface area contributed by atoms with Gasteiger partial charge in [-0.2, -0.15) is 0 Å². The molecule has 1 amide bonds. The van der Waals surface area contributed by atoms with E-state index < -0.39 is 14.6 Å². The zero-order valence-corrected chi connectivity index (χ0v) is 13.9. The smallest absolute Gasteiger partial charge is 0.244 e. The summed E-state index contributed by atoms with van der Waals surface area (Å²) in [6, 6.07) is 6.06. The first-order valence-corrected chi connectivity index (χ1v) is 8.97. The lowest BCUT2D eigenvalue weighted by Crippen LogP contribution is -2.51. The normalized spacial score (nSPS) is 17.7. The van der Waals surface area contributed by atoms with Crippen LogP contribution in [0.4, 0.5) is 0 Å². The molecule has 0 saturated heterocycles. The van der Waals surface area contributed by atoms with E-state index in [9.17, 15) is 13.2 Å². The van der Waals surface area contributed by atoms with E-state index in [1.807, 2.05) is 6.92 Å². The summed E-state index contributed by atoms with van der Waals surface area (Å²) < 4.78 is 24.8. The monoisotopic (exact) mass is 329 g/mol. The third-order valence-electron chi connectivity index (χ3n) is 4.26. The van der Waals surface area contributed by atoms with Crippen molar-refractivity contribution in [1.82, 2.24) is 4.90 Å². The minimum absolute atomic E-state index is 0.173. The molecule has 116 valence electrons. The lowest BCUT2D eigenvalue weighted by Gasteiger charge is -2.31. The Hall–Kier alpha value is -1.07. The SMILES string of the molecule is CCN(C)C(=O)C1(S(=O)(=O)c2ccc(Cl)cc2)CCCC1. The van der Waals surface area contributed by atoms with Gasteiger partial charge in [-0.15, -0.1) is 0 Å². The van der Waals surface area contributed by atoms with Crippen LogP contribution in [0.2, 0.25) is 5.02 Å². The number of halogens is 1. The number of carbonyl (C=O) groups excluding carboxylic acids is 1. The molecule has 0 aliphatic heterocycles. The summed E-state index contributed by atoms with van der Waals surface area (Å²) in [5, 5.41) is 0.478. The van der Waals surface area contributed by atoms with Crippen LogP contribution in [-0.2, 0) is 14.6 Å². The Balaban J connectivity index is 2.51. The van der Waals surface area contributed by atoms with E-state index in [2.05, 4.69) is 0 Å². The van der Waals surface area contributed by atoms with Gasteiger partial charge in [0.25, 0.3) is 0 Å². The molecule has 4 nitrogen and oxygen atoms in total. The largest absolute Gasteiger partial charge is 0.345 e. The van der Waals surface area contributed by atoms with Crippen LogP contribution in [0, 0.1) is 0 Å². The van der Waals surface area contributed by atoms with E-state index in [1.54, 1.807) is 19.2 Å². The summed E-state index contributed by atoms with van der Waals surface area (Å²) in [6.07, 6.45) is 2.30. The molecule has 1 aliphatic carbocycles. The molecular formula is C15H20ClNO3S. The minimum Gasteiger partial charge on any atom is -0.345 e. The van der Waals surface area contributed by atoms with Gasteiger partial charge in [-0.3, -0.25) is 4.79 Å². The second-order valence-electron chi connectivity index (χ2n) is 5.48. The Kier molecular flexibility index (Phi) is 4.63. The maximum atomic E-state index is 13.0. The summed E-state index contributed by atoms with van der Waals surface area (Å²) >= 11 is 5.82. The standard InChI is InChI=1S/C15H20ClNO3S/c1-3-17(2)14(18)15(10-4-5-11-15)21(19,20)13-8-6-12(16)7-9-13/h6-9H,3-5,10-11H2,1-2H3. The van der Waals surface area contributed by atoms with Crippen LogP contribution in [0.5, 0.6) is 0 Å².